The number of hydrogen-bond donors (Lipinski definition) is 2. The van der Waals surface area contributed by atoms with E-state index in [1.807, 2.05) is 19.0 Å². The van der Waals surface area contributed by atoms with Crippen LogP contribution in [-0.2, 0) is 0 Å². The van der Waals surface area contributed by atoms with Crippen LogP contribution in [0.1, 0.15) is 32.6 Å². The molecule has 6 heteroatoms. The number of anilines is 3. The van der Waals surface area contributed by atoms with Crippen molar-refractivity contribution in [1.29, 1.82) is 0 Å². The average molecular weight is 250 g/mol. The molecule has 0 saturated heterocycles. The van der Waals surface area contributed by atoms with Gasteiger partial charge in [-0.2, -0.15) is 15.0 Å². The maximum absolute atomic E-state index is 5.68. The summed E-state index contributed by atoms with van der Waals surface area (Å²) in [6.45, 7) is 3.16. The number of nitrogens with two attached hydrogens (primary N) is 1. The van der Waals surface area contributed by atoms with Gasteiger partial charge in [0.1, 0.15) is 0 Å². The fourth-order valence-corrected chi connectivity index (χ4v) is 2.15. The first kappa shape index (κ1) is 12.9. The Bertz CT molecular complexity index is 413. The molecule has 0 unspecified atom stereocenters. The summed E-state index contributed by atoms with van der Waals surface area (Å²) in [5.74, 6) is 1.43. The van der Waals surface area contributed by atoms with Crippen molar-refractivity contribution < 1.29 is 0 Å². The molecule has 0 aromatic carbocycles. The van der Waals surface area contributed by atoms with Gasteiger partial charge in [-0.15, -0.1) is 0 Å². The van der Waals surface area contributed by atoms with Gasteiger partial charge in [0.05, 0.1) is 0 Å². The third-order valence-corrected chi connectivity index (χ3v) is 3.40. The van der Waals surface area contributed by atoms with E-state index >= 15 is 0 Å². The molecule has 1 saturated carbocycles. The summed E-state index contributed by atoms with van der Waals surface area (Å²) < 4.78 is 0. The van der Waals surface area contributed by atoms with E-state index in [0.717, 1.165) is 6.54 Å². The molecular weight excluding hydrogens is 228 g/mol. The van der Waals surface area contributed by atoms with Crippen LogP contribution in [-0.4, -0.2) is 35.6 Å². The lowest BCUT2D eigenvalue weighted by atomic mass is 10.0. The molecule has 100 valence electrons. The molecular formula is C12H22N6. The summed E-state index contributed by atoms with van der Waals surface area (Å²) in [6.07, 6.45) is 5.09. The van der Waals surface area contributed by atoms with Crippen molar-refractivity contribution in [3.63, 3.8) is 0 Å². The zero-order chi connectivity index (χ0) is 13.2. The van der Waals surface area contributed by atoms with Gasteiger partial charge in [0, 0.05) is 20.6 Å². The predicted octanol–water partition coefficient (Wildman–Crippen LogP) is 1.51. The van der Waals surface area contributed by atoms with Gasteiger partial charge in [-0.3, -0.25) is 0 Å². The van der Waals surface area contributed by atoms with Crippen molar-refractivity contribution in [3.05, 3.63) is 0 Å². The van der Waals surface area contributed by atoms with E-state index < -0.39 is 0 Å². The fraction of sp³-hybridized carbons (Fsp3) is 0.750. The third-order valence-electron chi connectivity index (χ3n) is 3.40. The Balaban J connectivity index is 2.01. The molecule has 0 atom stereocenters. The number of aromatic nitrogens is 3. The van der Waals surface area contributed by atoms with Crippen LogP contribution >= 0.6 is 0 Å². The second-order valence-corrected chi connectivity index (χ2v) is 5.32. The van der Waals surface area contributed by atoms with E-state index in [2.05, 4.69) is 27.2 Å². The number of nitrogen functional groups attached to an aromatic ring is 1. The van der Waals surface area contributed by atoms with Crippen molar-refractivity contribution in [2.75, 3.05) is 36.6 Å². The standard InChI is InChI=1S/C12H22N6/c1-4-5-12(6-7-12)8-14-10-15-9(13)16-11(17-10)18(2)3/h4-8H2,1-3H3,(H3,13,14,15,16,17). The first-order chi connectivity index (χ1) is 8.54. The molecule has 1 heterocycles. The lowest BCUT2D eigenvalue weighted by Crippen LogP contribution is -2.20. The summed E-state index contributed by atoms with van der Waals surface area (Å²) in [6, 6.07) is 0. The molecule has 0 amide bonds. The molecule has 0 spiro atoms. The van der Waals surface area contributed by atoms with Gasteiger partial charge in [-0.1, -0.05) is 13.3 Å². The first-order valence-electron chi connectivity index (χ1n) is 6.47. The van der Waals surface area contributed by atoms with E-state index in [1.165, 1.54) is 25.7 Å². The molecule has 0 aliphatic heterocycles. The van der Waals surface area contributed by atoms with Crippen LogP contribution < -0.4 is 16.0 Å². The molecule has 18 heavy (non-hydrogen) atoms. The highest BCUT2D eigenvalue weighted by atomic mass is 15.3. The van der Waals surface area contributed by atoms with E-state index in [1.54, 1.807) is 0 Å². The minimum atomic E-state index is 0.261. The monoisotopic (exact) mass is 250 g/mol. The Morgan fingerprint density at radius 2 is 2.00 bits per heavy atom. The quantitative estimate of drug-likeness (QED) is 0.796. The average Bonchev–Trinajstić information content (AvgIpc) is 3.07. The number of nitrogens with one attached hydrogen (secondary N) is 1. The van der Waals surface area contributed by atoms with E-state index in [-0.39, 0.29) is 5.95 Å². The van der Waals surface area contributed by atoms with Crippen molar-refractivity contribution in [1.82, 2.24) is 15.0 Å². The summed E-state index contributed by atoms with van der Waals surface area (Å²) in [7, 11) is 3.77. The van der Waals surface area contributed by atoms with Crippen LogP contribution in [0.25, 0.3) is 0 Å². The molecule has 0 bridgehead atoms. The zero-order valence-electron chi connectivity index (χ0n) is 11.4. The predicted molar refractivity (Wildman–Crippen MR) is 73.6 cm³/mol. The largest absolute Gasteiger partial charge is 0.368 e. The highest BCUT2D eigenvalue weighted by Gasteiger charge is 2.41. The second-order valence-electron chi connectivity index (χ2n) is 5.32. The molecule has 0 radical (unpaired) electrons. The normalized spacial score (nSPS) is 16.4. The maximum atomic E-state index is 5.68. The highest BCUT2D eigenvalue weighted by molar-refractivity contribution is 5.41. The van der Waals surface area contributed by atoms with E-state index in [0.29, 0.717) is 17.3 Å². The molecule has 3 N–H and O–H groups in total. The van der Waals surface area contributed by atoms with Crippen LogP contribution in [0.3, 0.4) is 0 Å². The molecule has 2 rings (SSSR count). The molecule has 1 aromatic rings. The summed E-state index contributed by atoms with van der Waals surface area (Å²) in [4.78, 5) is 14.4. The Morgan fingerprint density at radius 1 is 1.28 bits per heavy atom. The van der Waals surface area contributed by atoms with Crippen LogP contribution in [0.4, 0.5) is 17.8 Å². The van der Waals surface area contributed by atoms with Gasteiger partial charge in [-0.25, -0.2) is 0 Å². The van der Waals surface area contributed by atoms with Crippen LogP contribution in [0.15, 0.2) is 0 Å². The van der Waals surface area contributed by atoms with Crippen LogP contribution in [0, 0.1) is 5.41 Å². The van der Waals surface area contributed by atoms with Gasteiger partial charge >= 0.3 is 0 Å². The SMILES string of the molecule is CCCC1(CNc2nc(N)nc(N(C)C)n2)CC1. The van der Waals surface area contributed by atoms with E-state index in [9.17, 15) is 0 Å². The van der Waals surface area contributed by atoms with Gasteiger partial charge in [0.15, 0.2) is 0 Å². The van der Waals surface area contributed by atoms with Gasteiger partial charge in [-0.05, 0) is 24.7 Å². The van der Waals surface area contributed by atoms with Gasteiger partial charge in [0.25, 0.3) is 0 Å². The lowest BCUT2D eigenvalue weighted by Gasteiger charge is -2.16. The minimum Gasteiger partial charge on any atom is -0.368 e. The Labute approximate surface area is 108 Å². The van der Waals surface area contributed by atoms with Crippen molar-refractivity contribution in [2.24, 2.45) is 5.41 Å². The van der Waals surface area contributed by atoms with Crippen molar-refractivity contribution in [2.45, 2.75) is 32.6 Å². The Hall–Kier alpha value is -1.59. The summed E-state index contributed by atoms with van der Waals surface area (Å²) in [5.41, 5.74) is 6.15. The third kappa shape index (κ3) is 3.00. The summed E-state index contributed by atoms with van der Waals surface area (Å²) in [5, 5.41) is 3.30. The van der Waals surface area contributed by atoms with Crippen molar-refractivity contribution in [3.8, 4) is 0 Å². The smallest absolute Gasteiger partial charge is 0.231 e. The first-order valence-corrected chi connectivity index (χ1v) is 6.47. The van der Waals surface area contributed by atoms with Crippen molar-refractivity contribution >= 4 is 17.8 Å². The molecule has 6 nitrogen and oxygen atoms in total. The molecule has 1 aromatic heterocycles. The molecule has 1 aliphatic rings. The number of hydrogen-bond acceptors (Lipinski definition) is 6. The van der Waals surface area contributed by atoms with E-state index in [4.69, 9.17) is 5.73 Å². The molecule has 1 aliphatic carbocycles. The maximum Gasteiger partial charge on any atom is 0.231 e. The van der Waals surface area contributed by atoms with Crippen LogP contribution in [0.2, 0.25) is 0 Å². The van der Waals surface area contributed by atoms with Gasteiger partial charge < -0.3 is 16.0 Å². The fourth-order valence-electron chi connectivity index (χ4n) is 2.15. The Kier molecular flexibility index (Phi) is 3.54. The number of nitrogens with zero attached hydrogens (tertiary/aromatic N) is 4. The van der Waals surface area contributed by atoms with Gasteiger partial charge in [0.2, 0.25) is 17.8 Å². The Morgan fingerprint density at radius 3 is 2.56 bits per heavy atom. The topological polar surface area (TPSA) is 80.0 Å². The number of rotatable bonds is 6. The molecule has 1 fully saturated rings. The second kappa shape index (κ2) is 4.96. The zero-order valence-corrected chi connectivity index (χ0v) is 11.4. The summed E-state index contributed by atoms with van der Waals surface area (Å²) >= 11 is 0. The minimum absolute atomic E-state index is 0.261. The highest BCUT2D eigenvalue weighted by Crippen LogP contribution is 2.49. The van der Waals surface area contributed by atoms with Crippen LogP contribution in [0.5, 0.6) is 0 Å². The lowest BCUT2D eigenvalue weighted by molar-refractivity contribution is 0.484.